The number of hydrogen-bond acceptors (Lipinski definition) is 4. The predicted molar refractivity (Wildman–Crippen MR) is 169 cm³/mol. The van der Waals surface area contributed by atoms with Crippen molar-refractivity contribution in [3.05, 3.63) is 96.6 Å². The first kappa shape index (κ1) is 31.2. The number of esters is 1. The van der Waals surface area contributed by atoms with Crippen LogP contribution in [-0.4, -0.2) is 29.7 Å². The highest BCUT2D eigenvalue weighted by molar-refractivity contribution is 7.99. The van der Waals surface area contributed by atoms with Crippen molar-refractivity contribution in [2.24, 2.45) is 10.8 Å². The van der Waals surface area contributed by atoms with Crippen molar-refractivity contribution in [3.63, 3.8) is 0 Å². The SMILES string of the molecule is CSC(C)(C)CC(C)(C(=O)OCCP(=O)(c1ccccc1)c1ccccc1)C(C)(C)CC(C)c1ccccc1. The molecule has 0 fully saturated rings. The van der Waals surface area contributed by atoms with Crippen LogP contribution in [0.3, 0.4) is 0 Å². The summed E-state index contributed by atoms with van der Waals surface area (Å²) in [5.41, 5.74) is 0.207. The molecule has 0 aromatic heterocycles. The first-order chi connectivity index (χ1) is 18.3. The first-order valence-electron chi connectivity index (χ1n) is 13.8. The Balaban J connectivity index is 1.86. The van der Waals surface area contributed by atoms with E-state index in [2.05, 4.69) is 72.1 Å². The van der Waals surface area contributed by atoms with E-state index in [9.17, 15) is 9.36 Å². The maximum atomic E-state index is 14.4. The summed E-state index contributed by atoms with van der Waals surface area (Å²) in [6, 6.07) is 29.6. The van der Waals surface area contributed by atoms with Gasteiger partial charge in [0.2, 0.25) is 0 Å². The summed E-state index contributed by atoms with van der Waals surface area (Å²) in [4.78, 5) is 14.1. The number of carbonyl (C=O) groups is 1. The molecule has 3 aromatic rings. The van der Waals surface area contributed by atoms with Crippen LogP contribution in [-0.2, 0) is 14.1 Å². The molecule has 0 spiro atoms. The largest absolute Gasteiger partial charge is 0.465 e. The lowest BCUT2D eigenvalue weighted by molar-refractivity contribution is -0.164. The summed E-state index contributed by atoms with van der Waals surface area (Å²) < 4.78 is 20.4. The third-order valence-corrected chi connectivity index (χ3v) is 12.8. The van der Waals surface area contributed by atoms with Gasteiger partial charge < -0.3 is 9.30 Å². The van der Waals surface area contributed by atoms with Crippen molar-refractivity contribution in [3.8, 4) is 0 Å². The summed E-state index contributed by atoms with van der Waals surface area (Å²) in [6.07, 6.45) is 3.90. The molecule has 210 valence electrons. The lowest BCUT2D eigenvalue weighted by atomic mass is 9.59. The summed E-state index contributed by atoms with van der Waals surface area (Å²) in [7, 11) is -2.96. The van der Waals surface area contributed by atoms with Gasteiger partial charge in [-0.15, -0.1) is 0 Å². The highest BCUT2D eigenvalue weighted by atomic mass is 32.2. The van der Waals surface area contributed by atoms with E-state index in [1.54, 1.807) is 11.8 Å². The highest BCUT2D eigenvalue weighted by Gasteiger charge is 2.51. The predicted octanol–water partition coefficient (Wildman–Crippen LogP) is 8.30. The summed E-state index contributed by atoms with van der Waals surface area (Å²) >= 11 is 1.77. The van der Waals surface area contributed by atoms with Gasteiger partial charge in [0.15, 0.2) is 0 Å². The van der Waals surface area contributed by atoms with Gasteiger partial charge in [-0.1, -0.05) is 126 Å². The molecule has 0 amide bonds. The average Bonchev–Trinajstić information content (AvgIpc) is 2.93. The Labute approximate surface area is 240 Å². The number of carbonyl (C=O) groups excluding carboxylic acids is 1. The maximum Gasteiger partial charge on any atom is 0.312 e. The molecule has 5 heteroatoms. The minimum absolute atomic E-state index is 0.107. The van der Waals surface area contributed by atoms with Gasteiger partial charge in [0.25, 0.3) is 0 Å². The van der Waals surface area contributed by atoms with Crippen LogP contribution in [0, 0.1) is 10.8 Å². The molecular formula is C34H45O3PS. The van der Waals surface area contributed by atoms with Crippen LogP contribution in [0.25, 0.3) is 0 Å². The Kier molecular flexibility index (Phi) is 10.3. The molecule has 0 N–H and O–H groups in total. The molecule has 2 unspecified atom stereocenters. The Bertz CT molecular complexity index is 1200. The number of thioether (sulfide) groups is 1. The topological polar surface area (TPSA) is 43.4 Å². The van der Waals surface area contributed by atoms with E-state index in [1.165, 1.54) is 5.56 Å². The normalized spacial score (nSPS) is 14.8. The molecule has 0 saturated heterocycles. The number of rotatable bonds is 13. The van der Waals surface area contributed by atoms with Crippen LogP contribution < -0.4 is 10.6 Å². The quantitative estimate of drug-likeness (QED) is 0.155. The molecule has 0 aliphatic carbocycles. The minimum Gasteiger partial charge on any atom is -0.465 e. The number of benzene rings is 3. The fourth-order valence-electron chi connectivity index (χ4n) is 5.57. The van der Waals surface area contributed by atoms with Gasteiger partial charge in [-0.2, -0.15) is 11.8 Å². The summed E-state index contributed by atoms with van der Waals surface area (Å²) in [5.74, 6) is 0.0876. The summed E-state index contributed by atoms with van der Waals surface area (Å²) in [6.45, 7) is 13.2. The van der Waals surface area contributed by atoms with Crippen molar-refractivity contribution >= 4 is 35.5 Å². The van der Waals surface area contributed by atoms with Crippen LogP contribution in [0.5, 0.6) is 0 Å². The second kappa shape index (κ2) is 12.9. The molecule has 3 aromatic carbocycles. The van der Waals surface area contributed by atoms with Gasteiger partial charge in [0.1, 0.15) is 7.14 Å². The minimum atomic E-state index is -2.96. The Hall–Kier alpha value is -2.29. The zero-order chi connectivity index (χ0) is 28.7. The van der Waals surface area contributed by atoms with Crippen LogP contribution in [0.2, 0.25) is 0 Å². The van der Waals surface area contributed by atoms with Crippen LogP contribution >= 0.6 is 18.9 Å². The number of hydrogen-bond donors (Lipinski definition) is 0. The summed E-state index contributed by atoms with van der Waals surface area (Å²) in [5, 5.41) is 1.58. The van der Waals surface area contributed by atoms with Gasteiger partial charge in [0, 0.05) is 21.5 Å². The van der Waals surface area contributed by atoms with Crippen molar-refractivity contribution < 1.29 is 14.1 Å². The zero-order valence-corrected chi connectivity index (χ0v) is 26.4. The molecule has 0 heterocycles. The van der Waals surface area contributed by atoms with Crippen LogP contribution in [0.1, 0.15) is 65.9 Å². The number of ether oxygens (including phenoxy) is 1. The fourth-order valence-corrected chi connectivity index (χ4v) is 8.48. The van der Waals surface area contributed by atoms with E-state index < -0.39 is 12.6 Å². The van der Waals surface area contributed by atoms with E-state index in [0.717, 1.165) is 17.0 Å². The van der Waals surface area contributed by atoms with Gasteiger partial charge >= 0.3 is 5.97 Å². The van der Waals surface area contributed by atoms with Crippen molar-refractivity contribution in [2.45, 2.75) is 65.0 Å². The monoisotopic (exact) mass is 564 g/mol. The molecular weight excluding hydrogens is 519 g/mol. The lowest BCUT2D eigenvalue weighted by Gasteiger charge is -2.47. The van der Waals surface area contributed by atoms with E-state index in [-0.39, 0.29) is 28.9 Å². The standard InChI is InChI=1S/C34H45O3PS/c1-27(28-17-11-8-12-18-28)25-32(2,3)34(6,26-33(4,5)39-7)31(35)37-23-24-38(36,29-19-13-9-14-20-29)30-21-15-10-16-22-30/h8-22,27H,23-26H2,1-7H3. The highest BCUT2D eigenvalue weighted by Crippen LogP contribution is 2.52. The van der Waals surface area contributed by atoms with Gasteiger partial charge in [0.05, 0.1) is 12.0 Å². The molecule has 39 heavy (non-hydrogen) atoms. The van der Waals surface area contributed by atoms with E-state index >= 15 is 0 Å². The first-order valence-corrected chi connectivity index (χ1v) is 16.9. The zero-order valence-electron chi connectivity index (χ0n) is 24.6. The molecule has 0 bridgehead atoms. The van der Waals surface area contributed by atoms with Gasteiger partial charge in [-0.25, -0.2) is 0 Å². The van der Waals surface area contributed by atoms with E-state index in [4.69, 9.17) is 4.74 Å². The maximum absolute atomic E-state index is 14.4. The third kappa shape index (κ3) is 7.47. The average molecular weight is 565 g/mol. The van der Waals surface area contributed by atoms with Crippen LogP contribution in [0.15, 0.2) is 91.0 Å². The van der Waals surface area contributed by atoms with Gasteiger partial charge in [-0.3, -0.25) is 4.79 Å². The smallest absolute Gasteiger partial charge is 0.312 e. The Morgan fingerprint density at radius 2 is 1.28 bits per heavy atom. The lowest BCUT2D eigenvalue weighted by Crippen LogP contribution is -2.47. The molecule has 3 nitrogen and oxygen atoms in total. The Morgan fingerprint density at radius 1 is 0.821 bits per heavy atom. The molecule has 2 atom stereocenters. The third-order valence-electron chi connectivity index (χ3n) is 8.45. The second-order valence-corrected chi connectivity index (χ2v) is 16.6. The molecule has 0 radical (unpaired) electrons. The second-order valence-electron chi connectivity index (χ2n) is 12.1. The molecule has 0 aliphatic heterocycles. The fraction of sp³-hybridized carbons (Fsp3) is 0.441. The van der Waals surface area contributed by atoms with Crippen LogP contribution in [0.4, 0.5) is 0 Å². The van der Waals surface area contributed by atoms with E-state index in [1.807, 2.05) is 66.7 Å². The van der Waals surface area contributed by atoms with Gasteiger partial charge in [-0.05, 0) is 42.9 Å². The molecule has 3 rings (SSSR count). The van der Waals surface area contributed by atoms with Crippen molar-refractivity contribution in [2.75, 3.05) is 19.0 Å². The van der Waals surface area contributed by atoms with Crippen molar-refractivity contribution in [1.82, 2.24) is 0 Å². The van der Waals surface area contributed by atoms with E-state index in [0.29, 0.717) is 12.3 Å². The van der Waals surface area contributed by atoms with Crippen molar-refractivity contribution in [1.29, 1.82) is 0 Å². The molecule has 0 saturated carbocycles. The Morgan fingerprint density at radius 3 is 1.74 bits per heavy atom. The molecule has 0 aliphatic rings.